The van der Waals surface area contributed by atoms with Crippen LogP contribution in [0.5, 0.6) is 5.75 Å². The zero-order valence-corrected chi connectivity index (χ0v) is 13.3. The van der Waals surface area contributed by atoms with Crippen molar-refractivity contribution in [3.63, 3.8) is 0 Å². The van der Waals surface area contributed by atoms with Crippen LogP contribution >= 0.6 is 0 Å². The monoisotopic (exact) mass is 302 g/mol. The van der Waals surface area contributed by atoms with E-state index in [9.17, 15) is 5.11 Å². The van der Waals surface area contributed by atoms with E-state index in [-0.39, 0.29) is 5.76 Å². The molecule has 3 N–H and O–H groups in total. The Labute approximate surface area is 132 Å². The Morgan fingerprint density at radius 1 is 1.36 bits per heavy atom. The smallest absolute Gasteiger partial charge is 0.129 e. The Kier molecular flexibility index (Phi) is 5.87. The minimum atomic E-state index is 0.0254. The second kappa shape index (κ2) is 7.87. The van der Waals surface area contributed by atoms with Gasteiger partial charge in [-0.1, -0.05) is 38.7 Å². The summed E-state index contributed by atoms with van der Waals surface area (Å²) in [6, 6.07) is 5.33. The number of hydrogen-bond donors (Lipinski definition) is 2. The molecule has 0 radical (unpaired) electrons. The molecule has 0 amide bonds. The van der Waals surface area contributed by atoms with Crippen LogP contribution in [-0.2, 0) is 0 Å². The minimum absolute atomic E-state index is 0.0254. The van der Waals surface area contributed by atoms with Gasteiger partial charge in [-0.15, -0.1) is 0 Å². The van der Waals surface area contributed by atoms with Crippen molar-refractivity contribution in [1.29, 1.82) is 0 Å². The van der Waals surface area contributed by atoms with Gasteiger partial charge in [0, 0.05) is 6.07 Å². The molecule has 4 heteroatoms. The van der Waals surface area contributed by atoms with Gasteiger partial charge >= 0.3 is 0 Å². The Balaban J connectivity index is 1.92. The highest BCUT2D eigenvalue weighted by molar-refractivity contribution is 5.99. The number of nitrogens with two attached hydrogens (primary N) is 1. The second-order valence-corrected chi connectivity index (χ2v) is 5.97. The van der Waals surface area contributed by atoms with Crippen LogP contribution in [0.25, 0.3) is 0 Å². The van der Waals surface area contributed by atoms with Crippen LogP contribution in [0.2, 0.25) is 0 Å². The molecule has 4 nitrogen and oxygen atoms in total. The summed E-state index contributed by atoms with van der Waals surface area (Å²) in [5, 5.41) is 9.73. The number of hydrogen-bond acceptors (Lipinski definition) is 4. The summed E-state index contributed by atoms with van der Waals surface area (Å²) >= 11 is 0. The molecule has 0 atom stereocenters. The first-order chi connectivity index (χ1) is 10.6. The number of unbranched alkanes of at least 4 members (excludes halogenated alkanes) is 2. The van der Waals surface area contributed by atoms with Crippen molar-refractivity contribution in [3.8, 4) is 5.75 Å². The van der Waals surface area contributed by atoms with Crippen LogP contribution in [0.3, 0.4) is 0 Å². The van der Waals surface area contributed by atoms with Crippen LogP contribution in [0.1, 0.15) is 44.9 Å². The predicted molar refractivity (Wildman–Crippen MR) is 92.1 cm³/mol. The van der Waals surface area contributed by atoms with Crippen molar-refractivity contribution in [2.45, 2.75) is 44.9 Å². The molecule has 1 aliphatic carbocycles. The lowest BCUT2D eigenvalue weighted by molar-refractivity contribution is 0.415. The van der Waals surface area contributed by atoms with Gasteiger partial charge in [0.1, 0.15) is 11.5 Å². The molecule has 22 heavy (non-hydrogen) atoms. The van der Waals surface area contributed by atoms with Crippen molar-refractivity contribution in [2.75, 3.05) is 12.8 Å². The predicted octanol–water partition coefficient (Wildman–Crippen LogP) is 4.78. The Morgan fingerprint density at radius 2 is 2.14 bits per heavy atom. The van der Waals surface area contributed by atoms with E-state index in [0.717, 1.165) is 18.8 Å². The van der Waals surface area contributed by atoms with E-state index in [1.54, 1.807) is 19.2 Å². The van der Waals surface area contributed by atoms with Crippen LogP contribution in [0, 0.1) is 5.92 Å². The lowest BCUT2D eigenvalue weighted by Crippen LogP contribution is -2.02. The van der Waals surface area contributed by atoms with E-state index < -0.39 is 0 Å². The summed E-state index contributed by atoms with van der Waals surface area (Å²) in [5.41, 5.74) is 7.75. The number of benzene rings is 1. The first-order valence-electron chi connectivity index (χ1n) is 7.99. The third-order valence-electron chi connectivity index (χ3n) is 4.05. The molecule has 0 aliphatic heterocycles. The van der Waals surface area contributed by atoms with Gasteiger partial charge in [-0.3, -0.25) is 0 Å². The van der Waals surface area contributed by atoms with E-state index in [0.29, 0.717) is 22.8 Å². The van der Waals surface area contributed by atoms with Crippen LogP contribution in [-0.4, -0.2) is 17.9 Å². The number of methoxy groups -OCH3 is 1. The molecule has 0 heterocycles. The molecule has 120 valence electrons. The SMILES string of the molecule is C=C(O)/C(CCCCCC1CC1)=N\c1ccc(OC)cc1N. The zero-order valence-electron chi connectivity index (χ0n) is 13.3. The van der Waals surface area contributed by atoms with Crippen LogP contribution in [0.4, 0.5) is 11.4 Å². The van der Waals surface area contributed by atoms with Gasteiger partial charge in [0.15, 0.2) is 0 Å². The minimum Gasteiger partial charge on any atom is -0.507 e. The summed E-state index contributed by atoms with van der Waals surface area (Å²) in [6.07, 6.45) is 8.35. The standard InChI is InChI=1S/C18H26N2O2/c1-13(21)17(7-5-3-4-6-14-8-9-14)20-18-11-10-15(22-2)12-16(18)19/h10-12,14,21H,1,3-9,19H2,2H3/b20-17-. The molecule has 1 aromatic carbocycles. The number of nitrogens with zero attached hydrogens (tertiary/aromatic N) is 1. The first kappa shape index (κ1) is 16.4. The highest BCUT2D eigenvalue weighted by Crippen LogP contribution is 2.34. The number of aliphatic hydroxyl groups excluding tert-OH is 1. The van der Waals surface area contributed by atoms with E-state index in [1.165, 1.54) is 32.1 Å². The van der Waals surface area contributed by atoms with Crippen molar-refractivity contribution >= 4 is 17.1 Å². The van der Waals surface area contributed by atoms with Gasteiger partial charge in [-0.05, 0) is 30.9 Å². The average molecular weight is 302 g/mol. The van der Waals surface area contributed by atoms with Gasteiger partial charge in [-0.2, -0.15) is 0 Å². The number of nitrogen functional groups attached to an aromatic ring is 1. The number of rotatable bonds is 9. The van der Waals surface area contributed by atoms with Gasteiger partial charge in [0.05, 0.1) is 24.2 Å². The van der Waals surface area contributed by atoms with Crippen molar-refractivity contribution in [2.24, 2.45) is 10.9 Å². The fraction of sp³-hybridized carbons (Fsp3) is 0.500. The zero-order chi connectivity index (χ0) is 15.9. The summed E-state index contributed by atoms with van der Waals surface area (Å²) in [5.74, 6) is 1.71. The molecule has 1 fully saturated rings. The lowest BCUT2D eigenvalue weighted by atomic mass is 10.1. The molecule has 0 saturated heterocycles. The topological polar surface area (TPSA) is 67.8 Å². The quantitative estimate of drug-likeness (QED) is 0.298. The Hall–Kier alpha value is -1.97. The second-order valence-electron chi connectivity index (χ2n) is 5.97. The van der Waals surface area contributed by atoms with E-state index >= 15 is 0 Å². The third-order valence-corrected chi connectivity index (χ3v) is 4.05. The van der Waals surface area contributed by atoms with Crippen LogP contribution in [0.15, 0.2) is 35.5 Å². The highest BCUT2D eigenvalue weighted by Gasteiger charge is 2.19. The van der Waals surface area contributed by atoms with Crippen molar-refractivity contribution in [3.05, 3.63) is 30.5 Å². The maximum atomic E-state index is 9.73. The molecule has 0 aromatic heterocycles. The Bertz CT molecular complexity index is 548. The third kappa shape index (κ3) is 5.10. The Morgan fingerprint density at radius 3 is 2.73 bits per heavy atom. The molecule has 0 unspecified atom stereocenters. The molecular formula is C18H26N2O2. The molecule has 0 spiro atoms. The van der Waals surface area contributed by atoms with E-state index in [4.69, 9.17) is 10.5 Å². The largest absolute Gasteiger partial charge is 0.507 e. The van der Waals surface area contributed by atoms with Gasteiger partial charge in [-0.25, -0.2) is 4.99 Å². The van der Waals surface area contributed by atoms with E-state index in [1.807, 2.05) is 6.07 Å². The van der Waals surface area contributed by atoms with Gasteiger partial charge in [0.2, 0.25) is 0 Å². The van der Waals surface area contributed by atoms with Crippen molar-refractivity contribution < 1.29 is 9.84 Å². The van der Waals surface area contributed by atoms with E-state index in [2.05, 4.69) is 11.6 Å². The molecule has 1 aliphatic rings. The van der Waals surface area contributed by atoms with Crippen molar-refractivity contribution in [1.82, 2.24) is 0 Å². The average Bonchev–Trinajstić information content (AvgIpc) is 3.31. The fourth-order valence-corrected chi connectivity index (χ4v) is 2.48. The van der Waals surface area contributed by atoms with Gasteiger partial charge < -0.3 is 15.6 Å². The summed E-state index contributed by atoms with van der Waals surface area (Å²) in [7, 11) is 1.60. The normalized spacial score (nSPS) is 14.9. The number of ether oxygens (including phenoxy) is 1. The molecule has 1 saturated carbocycles. The summed E-state index contributed by atoms with van der Waals surface area (Å²) < 4.78 is 5.12. The number of aliphatic imine (C=N–C) groups is 1. The highest BCUT2D eigenvalue weighted by atomic mass is 16.5. The number of allylic oxidation sites excluding steroid dienone is 1. The maximum absolute atomic E-state index is 9.73. The molecule has 0 bridgehead atoms. The molecular weight excluding hydrogens is 276 g/mol. The lowest BCUT2D eigenvalue weighted by Gasteiger charge is -2.08. The molecule has 1 aromatic rings. The first-order valence-corrected chi connectivity index (χ1v) is 7.99. The summed E-state index contributed by atoms with van der Waals surface area (Å²) in [6.45, 7) is 3.61. The molecule has 2 rings (SSSR count). The van der Waals surface area contributed by atoms with Gasteiger partial charge in [0.25, 0.3) is 0 Å². The number of aliphatic hydroxyl groups is 1. The number of anilines is 1. The summed E-state index contributed by atoms with van der Waals surface area (Å²) in [4.78, 5) is 4.46. The fourth-order valence-electron chi connectivity index (χ4n) is 2.48. The maximum Gasteiger partial charge on any atom is 0.129 e. The van der Waals surface area contributed by atoms with Crippen LogP contribution < -0.4 is 10.5 Å².